The number of rotatable bonds is 2. The molecule has 0 amide bonds. The van der Waals surface area contributed by atoms with Crippen LogP contribution in [0.4, 0.5) is 0 Å². The molecule has 2 aromatic rings. The Morgan fingerprint density at radius 2 is 2.14 bits per heavy atom. The maximum Gasteiger partial charge on any atom is 0.171 e. The number of hydrogen-bond acceptors (Lipinski definition) is 4. The van der Waals surface area contributed by atoms with Crippen LogP contribution in [-0.2, 0) is 0 Å². The SMILES string of the molecule is Cc1ccccc1-c1snnc1C=O. The average molecular weight is 204 g/mol. The molecule has 0 saturated heterocycles. The van der Waals surface area contributed by atoms with E-state index in [1.807, 2.05) is 31.2 Å². The van der Waals surface area contributed by atoms with Gasteiger partial charge in [0.1, 0.15) is 5.69 Å². The predicted molar refractivity (Wildman–Crippen MR) is 55.5 cm³/mol. The summed E-state index contributed by atoms with van der Waals surface area (Å²) in [4.78, 5) is 11.5. The van der Waals surface area contributed by atoms with E-state index < -0.39 is 0 Å². The fourth-order valence-corrected chi connectivity index (χ4v) is 2.01. The van der Waals surface area contributed by atoms with Gasteiger partial charge < -0.3 is 0 Å². The van der Waals surface area contributed by atoms with Crippen molar-refractivity contribution in [3.8, 4) is 10.4 Å². The van der Waals surface area contributed by atoms with E-state index in [2.05, 4.69) is 9.59 Å². The lowest BCUT2D eigenvalue weighted by molar-refractivity contribution is 0.111. The summed E-state index contributed by atoms with van der Waals surface area (Å²) in [6.07, 6.45) is 0.741. The fourth-order valence-electron chi connectivity index (χ4n) is 1.29. The van der Waals surface area contributed by atoms with Crippen molar-refractivity contribution in [1.82, 2.24) is 9.59 Å². The monoisotopic (exact) mass is 204 g/mol. The second kappa shape index (κ2) is 3.67. The van der Waals surface area contributed by atoms with Crippen molar-refractivity contribution in [3.05, 3.63) is 35.5 Å². The van der Waals surface area contributed by atoms with E-state index in [0.29, 0.717) is 5.69 Å². The van der Waals surface area contributed by atoms with Gasteiger partial charge in [-0.15, -0.1) is 5.10 Å². The normalized spacial score (nSPS) is 10.1. The van der Waals surface area contributed by atoms with Gasteiger partial charge >= 0.3 is 0 Å². The molecule has 1 aromatic heterocycles. The summed E-state index contributed by atoms with van der Waals surface area (Å²) in [5.74, 6) is 0. The maximum atomic E-state index is 10.7. The average Bonchev–Trinajstić information content (AvgIpc) is 2.66. The van der Waals surface area contributed by atoms with Gasteiger partial charge in [-0.3, -0.25) is 4.79 Å². The van der Waals surface area contributed by atoms with E-state index in [1.54, 1.807) is 0 Å². The molecule has 3 nitrogen and oxygen atoms in total. The summed E-state index contributed by atoms with van der Waals surface area (Å²) in [6.45, 7) is 2.00. The Kier molecular flexibility index (Phi) is 2.37. The van der Waals surface area contributed by atoms with Crippen LogP contribution < -0.4 is 0 Å². The summed E-state index contributed by atoms with van der Waals surface area (Å²) in [5, 5.41) is 3.75. The topological polar surface area (TPSA) is 42.9 Å². The number of aryl methyl sites for hydroxylation is 1. The van der Waals surface area contributed by atoms with Crippen LogP contribution in [0.2, 0.25) is 0 Å². The molecule has 0 bridgehead atoms. The zero-order valence-corrected chi connectivity index (χ0v) is 8.41. The lowest BCUT2D eigenvalue weighted by Crippen LogP contribution is -1.86. The standard InChI is InChI=1S/C10H8N2OS/c1-7-4-2-3-5-8(7)10-9(6-13)11-12-14-10/h2-6H,1H3. The minimum Gasteiger partial charge on any atom is -0.296 e. The number of carbonyl (C=O) groups is 1. The molecule has 0 radical (unpaired) electrons. The van der Waals surface area contributed by atoms with E-state index in [0.717, 1.165) is 22.3 Å². The van der Waals surface area contributed by atoms with Crippen molar-refractivity contribution in [1.29, 1.82) is 0 Å². The van der Waals surface area contributed by atoms with E-state index in [-0.39, 0.29) is 0 Å². The van der Waals surface area contributed by atoms with Crippen LogP contribution in [0.15, 0.2) is 24.3 Å². The van der Waals surface area contributed by atoms with Crippen molar-refractivity contribution in [2.45, 2.75) is 6.92 Å². The molecule has 0 fully saturated rings. The Balaban J connectivity index is 2.60. The minimum absolute atomic E-state index is 0.421. The molecule has 1 aromatic carbocycles. The van der Waals surface area contributed by atoms with Crippen LogP contribution in [0, 0.1) is 6.92 Å². The highest BCUT2D eigenvalue weighted by atomic mass is 32.1. The summed E-state index contributed by atoms with van der Waals surface area (Å²) < 4.78 is 3.77. The fraction of sp³-hybridized carbons (Fsp3) is 0.100. The molecule has 0 spiro atoms. The van der Waals surface area contributed by atoms with E-state index in [1.165, 1.54) is 11.5 Å². The largest absolute Gasteiger partial charge is 0.296 e. The van der Waals surface area contributed by atoms with Gasteiger partial charge in [0, 0.05) is 0 Å². The predicted octanol–water partition coefficient (Wildman–Crippen LogP) is 2.33. The molecule has 0 aliphatic heterocycles. The summed E-state index contributed by atoms with van der Waals surface area (Å²) in [5.41, 5.74) is 2.58. The van der Waals surface area contributed by atoms with Gasteiger partial charge in [0.05, 0.1) is 4.88 Å². The molecular formula is C10H8N2OS. The lowest BCUT2D eigenvalue weighted by atomic mass is 10.1. The zero-order chi connectivity index (χ0) is 9.97. The van der Waals surface area contributed by atoms with Crippen molar-refractivity contribution in [2.75, 3.05) is 0 Å². The third-order valence-corrected chi connectivity index (χ3v) is 2.79. The van der Waals surface area contributed by atoms with Gasteiger partial charge in [-0.2, -0.15) is 0 Å². The molecule has 14 heavy (non-hydrogen) atoms. The maximum absolute atomic E-state index is 10.7. The van der Waals surface area contributed by atoms with Crippen LogP contribution in [0.3, 0.4) is 0 Å². The molecule has 0 aliphatic rings. The first-order valence-electron chi connectivity index (χ1n) is 4.16. The molecule has 2 rings (SSSR count). The van der Waals surface area contributed by atoms with Crippen LogP contribution in [0.25, 0.3) is 10.4 Å². The number of aromatic nitrogens is 2. The Morgan fingerprint density at radius 1 is 1.36 bits per heavy atom. The van der Waals surface area contributed by atoms with Crippen molar-refractivity contribution in [3.63, 3.8) is 0 Å². The van der Waals surface area contributed by atoms with Gasteiger partial charge in [0.2, 0.25) is 0 Å². The molecule has 4 heteroatoms. The molecule has 0 N–H and O–H groups in total. The number of benzene rings is 1. The first-order chi connectivity index (χ1) is 6.83. The molecule has 0 aliphatic carbocycles. The Bertz CT molecular complexity index is 465. The molecule has 0 unspecified atom stereocenters. The van der Waals surface area contributed by atoms with E-state index in [4.69, 9.17) is 0 Å². The lowest BCUT2D eigenvalue weighted by Gasteiger charge is -2.00. The zero-order valence-electron chi connectivity index (χ0n) is 7.60. The first-order valence-corrected chi connectivity index (χ1v) is 4.94. The first kappa shape index (κ1) is 9.02. The van der Waals surface area contributed by atoms with E-state index >= 15 is 0 Å². The summed E-state index contributed by atoms with van der Waals surface area (Å²) in [6, 6.07) is 7.88. The second-order valence-electron chi connectivity index (χ2n) is 2.92. The summed E-state index contributed by atoms with van der Waals surface area (Å²) in [7, 11) is 0. The van der Waals surface area contributed by atoms with Gasteiger partial charge in [-0.1, -0.05) is 28.8 Å². The van der Waals surface area contributed by atoms with Crippen LogP contribution in [0.1, 0.15) is 16.1 Å². The highest BCUT2D eigenvalue weighted by Gasteiger charge is 2.10. The molecule has 0 atom stereocenters. The Labute approximate surface area is 85.6 Å². The van der Waals surface area contributed by atoms with Crippen molar-refractivity contribution >= 4 is 17.8 Å². The quantitative estimate of drug-likeness (QED) is 0.705. The molecular weight excluding hydrogens is 196 g/mol. The van der Waals surface area contributed by atoms with Crippen molar-refractivity contribution in [2.24, 2.45) is 0 Å². The highest BCUT2D eigenvalue weighted by molar-refractivity contribution is 7.09. The highest BCUT2D eigenvalue weighted by Crippen LogP contribution is 2.27. The van der Waals surface area contributed by atoms with Crippen molar-refractivity contribution < 1.29 is 4.79 Å². The third kappa shape index (κ3) is 1.44. The number of carbonyl (C=O) groups excluding carboxylic acids is 1. The van der Waals surface area contributed by atoms with Crippen LogP contribution in [0.5, 0.6) is 0 Å². The van der Waals surface area contributed by atoms with Gasteiger partial charge in [0.15, 0.2) is 6.29 Å². The third-order valence-electron chi connectivity index (χ3n) is 2.01. The van der Waals surface area contributed by atoms with Gasteiger partial charge in [0.25, 0.3) is 0 Å². The Morgan fingerprint density at radius 3 is 2.86 bits per heavy atom. The van der Waals surface area contributed by atoms with Crippen LogP contribution in [-0.4, -0.2) is 15.9 Å². The minimum atomic E-state index is 0.421. The number of aldehydes is 1. The smallest absolute Gasteiger partial charge is 0.171 e. The molecule has 1 heterocycles. The summed E-state index contributed by atoms with van der Waals surface area (Å²) >= 11 is 1.25. The second-order valence-corrected chi connectivity index (χ2v) is 3.67. The van der Waals surface area contributed by atoms with Crippen LogP contribution >= 0.6 is 11.5 Å². The number of hydrogen-bond donors (Lipinski definition) is 0. The molecule has 0 saturated carbocycles. The van der Waals surface area contributed by atoms with Gasteiger partial charge in [-0.25, -0.2) is 0 Å². The van der Waals surface area contributed by atoms with E-state index in [9.17, 15) is 4.79 Å². The molecule has 70 valence electrons. The van der Waals surface area contributed by atoms with Gasteiger partial charge in [-0.05, 0) is 29.6 Å². The number of nitrogens with zero attached hydrogens (tertiary/aromatic N) is 2. The Hall–Kier alpha value is -1.55.